The van der Waals surface area contributed by atoms with E-state index in [9.17, 15) is 23.1 Å². The van der Waals surface area contributed by atoms with Gasteiger partial charge < -0.3 is 14.6 Å². The lowest BCUT2D eigenvalue weighted by atomic mass is 10.1. The van der Waals surface area contributed by atoms with Crippen LogP contribution in [0.1, 0.15) is 20.7 Å². The Balaban J connectivity index is 3.49. The second kappa shape index (κ2) is 5.78. The maximum absolute atomic E-state index is 11.5. The summed E-state index contributed by atoms with van der Waals surface area (Å²) in [5, 5.41) is 9.85. The van der Waals surface area contributed by atoms with Gasteiger partial charge in [-0.2, -0.15) is 0 Å². The molecule has 1 aromatic carbocycles. The van der Waals surface area contributed by atoms with Gasteiger partial charge in [0.2, 0.25) is 10.0 Å². The zero-order valence-corrected chi connectivity index (χ0v) is 11.8. The molecule has 0 aliphatic carbocycles. The van der Waals surface area contributed by atoms with Crippen LogP contribution in [0, 0.1) is 0 Å². The predicted octanol–water partition coefficient (Wildman–Crippen LogP) is 0.337. The summed E-state index contributed by atoms with van der Waals surface area (Å²) < 4.78 is 33.3. The van der Waals surface area contributed by atoms with Crippen LogP contribution in [0.2, 0.25) is 0 Å². The number of esters is 2. The van der Waals surface area contributed by atoms with Crippen LogP contribution in [0.25, 0.3) is 0 Å². The molecule has 0 aliphatic rings. The first kappa shape index (κ1) is 15.8. The SMILES string of the molecule is COC(=O)c1cc(NS(C)(=O)=O)c(O)c(C(=O)OC)c1. The second-order valence-electron chi connectivity index (χ2n) is 3.78. The zero-order chi connectivity index (χ0) is 15.5. The quantitative estimate of drug-likeness (QED) is 0.608. The van der Waals surface area contributed by atoms with Gasteiger partial charge in [-0.15, -0.1) is 0 Å². The fourth-order valence-corrected chi connectivity index (χ4v) is 1.97. The van der Waals surface area contributed by atoms with Crippen molar-refractivity contribution in [2.45, 2.75) is 0 Å². The van der Waals surface area contributed by atoms with Crippen molar-refractivity contribution in [2.24, 2.45) is 0 Å². The Kier molecular flexibility index (Phi) is 4.56. The van der Waals surface area contributed by atoms with Gasteiger partial charge >= 0.3 is 11.9 Å². The van der Waals surface area contributed by atoms with Gasteiger partial charge in [0.1, 0.15) is 5.56 Å². The third-order valence-corrected chi connectivity index (χ3v) is 2.82. The van der Waals surface area contributed by atoms with Crippen LogP contribution in [0.3, 0.4) is 0 Å². The number of nitrogens with one attached hydrogen (secondary N) is 1. The van der Waals surface area contributed by atoms with Gasteiger partial charge in [0.05, 0.1) is 31.7 Å². The van der Waals surface area contributed by atoms with Gasteiger partial charge in [-0.1, -0.05) is 0 Å². The number of methoxy groups -OCH3 is 2. The first-order chi connectivity index (χ1) is 9.19. The van der Waals surface area contributed by atoms with E-state index in [2.05, 4.69) is 9.47 Å². The Morgan fingerprint density at radius 1 is 1.15 bits per heavy atom. The van der Waals surface area contributed by atoms with E-state index in [1.807, 2.05) is 4.72 Å². The molecule has 0 unspecified atom stereocenters. The summed E-state index contributed by atoms with van der Waals surface area (Å²) >= 11 is 0. The summed E-state index contributed by atoms with van der Waals surface area (Å²) in [7, 11) is -1.51. The summed E-state index contributed by atoms with van der Waals surface area (Å²) in [6.07, 6.45) is 0.856. The maximum Gasteiger partial charge on any atom is 0.341 e. The number of hydrogen-bond acceptors (Lipinski definition) is 7. The number of aromatic hydroxyl groups is 1. The first-order valence-corrected chi connectivity index (χ1v) is 7.10. The van der Waals surface area contributed by atoms with Crippen LogP contribution in [-0.4, -0.2) is 45.9 Å². The van der Waals surface area contributed by atoms with Crippen molar-refractivity contribution >= 4 is 27.6 Å². The molecule has 0 atom stereocenters. The highest BCUT2D eigenvalue weighted by atomic mass is 32.2. The Bertz CT molecular complexity index is 651. The number of carbonyl (C=O) groups is 2. The van der Waals surface area contributed by atoms with Crippen LogP contribution in [0.15, 0.2) is 12.1 Å². The van der Waals surface area contributed by atoms with Crippen molar-refractivity contribution in [3.63, 3.8) is 0 Å². The molecule has 0 aliphatic heterocycles. The third-order valence-electron chi connectivity index (χ3n) is 2.23. The number of ether oxygens (including phenoxy) is 2. The normalized spacial score (nSPS) is 10.8. The van der Waals surface area contributed by atoms with Crippen LogP contribution < -0.4 is 4.72 Å². The van der Waals surface area contributed by atoms with Gasteiger partial charge in [0, 0.05) is 0 Å². The Morgan fingerprint density at radius 2 is 1.70 bits per heavy atom. The second-order valence-corrected chi connectivity index (χ2v) is 5.53. The topological polar surface area (TPSA) is 119 Å². The van der Waals surface area contributed by atoms with E-state index in [4.69, 9.17) is 0 Å². The van der Waals surface area contributed by atoms with Crippen molar-refractivity contribution in [1.82, 2.24) is 0 Å². The summed E-state index contributed by atoms with van der Waals surface area (Å²) in [4.78, 5) is 23.0. The minimum atomic E-state index is -3.71. The molecule has 110 valence electrons. The number of benzene rings is 1. The fourth-order valence-electron chi connectivity index (χ4n) is 1.41. The first-order valence-electron chi connectivity index (χ1n) is 5.21. The van der Waals surface area contributed by atoms with Gasteiger partial charge in [-0.25, -0.2) is 18.0 Å². The lowest BCUT2D eigenvalue weighted by molar-refractivity contribution is 0.0597. The highest BCUT2D eigenvalue weighted by molar-refractivity contribution is 7.92. The van der Waals surface area contributed by atoms with Crippen LogP contribution in [0.4, 0.5) is 5.69 Å². The number of carbonyl (C=O) groups excluding carboxylic acids is 2. The van der Waals surface area contributed by atoms with E-state index < -0.39 is 27.7 Å². The summed E-state index contributed by atoms with van der Waals surface area (Å²) in [6.45, 7) is 0. The van der Waals surface area contributed by atoms with Gasteiger partial charge in [0.25, 0.3) is 0 Å². The molecule has 0 bridgehead atoms. The van der Waals surface area contributed by atoms with Crippen molar-refractivity contribution in [2.75, 3.05) is 25.2 Å². The number of anilines is 1. The predicted molar refractivity (Wildman–Crippen MR) is 69.3 cm³/mol. The zero-order valence-electron chi connectivity index (χ0n) is 11.0. The molecule has 0 spiro atoms. The molecule has 2 N–H and O–H groups in total. The molecule has 0 amide bonds. The molecule has 0 radical (unpaired) electrons. The molecule has 1 rings (SSSR count). The lowest BCUT2D eigenvalue weighted by Crippen LogP contribution is -2.13. The monoisotopic (exact) mass is 303 g/mol. The number of sulfonamides is 1. The average molecular weight is 303 g/mol. The lowest BCUT2D eigenvalue weighted by Gasteiger charge is -2.11. The molecule has 0 heterocycles. The minimum absolute atomic E-state index is 0.114. The van der Waals surface area contributed by atoms with E-state index >= 15 is 0 Å². The molecule has 1 aromatic rings. The average Bonchev–Trinajstić information content (AvgIpc) is 2.37. The van der Waals surface area contributed by atoms with Gasteiger partial charge in [-0.05, 0) is 12.1 Å². The number of hydrogen-bond donors (Lipinski definition) is 2. The largest absolute Gasteiger partial charge is 0.505 e. The van der Waals surface area contributed by atoms with Crippen molar-refractivity contribution in [3.8, 4) is 5.75 Å². The Hall–Kier alpha value is -2.29. The highest BCUT2D eigenvalue weighted by Gasteiger charge is 2.21. The number of phenolic OH excluding ortho intramolecular Hbond substituents is 1. The van der Waals surface area contributed by atoms with E-state index in [1.165, 1.54) is 0 Å². The molecule has 9 heteroatoms. The maximum atomic E-state index is 11.5. The smallest absolute Gasteiger partial charge is 0.341 e. The van der Waals surface area contributed by atoms with E-state index in [1.54, 1.807) is 0 Å². The van der Waals surface area contributed by atoms with E-state index in [0.29, 0.717) is 0 Å². The molecule has 0 saturated carbocycles. The van der Waals surface area contributed by atoms with Crippen molar-refractivity contribution in [3.05, 3.63) is 23.3 Å². The van der Waals surface area contributed by atoms with E-state index in [-0.39, 0.29) is 16.8 Å². The van der Waals surface area contributed by atoms with Crippen molar-refractivity contribution in [1.29, 1.82) is 0 Å². The molecular weight excluding hydrogens is 290 g/mol. The standard InChI is InChI=1S/C11H13NO7S/c1-18-10(14)6-4-7(11(15)19-2)9(13)8(5-6)12-20(3,16)17/h4-5,12-13H,1-3H3. The fraction of sp³-hybridized carbons (Fsp3) is 0.273. The van der Waals surface area contributed by atoms with Gasteiger partial charge in [0.15, 0.2) is 5.75 Å². The summed E-state index contributed by atoms with van der Waals surface area (Å²) in [6, 6.07) is 2.09. The Morgan fingerprint density at radius 3 is 2.15 bits per heavy atom. The van der Waals surface area contributed by atoms with Crippen molar-refractivity contribution < 1.29 is 32.6 Å². The summed E-state index contributed by atoms with van der Waals surface area (Å²) in [5.74, 6) is -2.37. The van der Waals surface area contributed by atoms with E-state index in [0.717, 1.165) is 32.6 Å². The molecule has 8 nitrogen and oxygen atoms in total. The molecule has 0 aromatic heterocycles. The minimum Gasteiger partial charge on any atom is -0.505 e. The number of phenols is 1. The molecular formula is C11H13NO7S. The summed E-state index contributed by atoms with van der Waals surface area (Å²) in [5.41, 5.74) is -0.797. The van der Waals surface area contributed by atoms with Gasteiger partial charge in [-0.3, -0.25) is 4.72 Å². The van der Waals surface area contributed by atoms with Crippen LogP contribution >= 0.6 is 0 Å². The highest BCUT2D eigenvalue weighted by Crippen LogP contribution is 2.31. The Labute approximate surface area is 115 Å². The van der Waals surface area contributed by atoms with Crippen LogP contribution in [-0.2, 0) is 19.5 Å². The third kappa shape index (κ3) is 3.60. The molecule has 0 fully saturated rings. The molecule has 0 saturated heterocycles. The van der Waals surface area contributed by atoms with Crippen LogP contribution in [0.5, 0.6) is 5.75 Å². The molecule has 20 heavy (non-hydrogen) atoms. The number of rotatable bonds is 4.